The van der Waals surface area contributed by atoms with Crippen molar-refractivity contribution in [2.24, 2.45) is 0 Å². The third-order valence-electron chi connectivity index (χ3n) is 4.85. The van der Waals surface area contributed by atoms with Crippen molar-refractivity contribution in [3.63, 3.8) is 0 Å². The number of ether oxygens (including phenoxy) is 1. The van der Waals surface area contributed by atoms with Crippen LogP contribution in [0.2, 0.25) is 0 Å². The van der Waals surface area contributed by atoms with Crippen LogP contribution in [0.5, 0.6) is 5.75 Å². The summed E-state index contributed by atoms with van der Waals surface area (Å²) in [4.78, 5) is 11.4. The van der Waals surface area contributed by atoms with Crippen LogP contribution in [0.15, 0.2) is 42.5 Å². The molecule has 0 spiro atoms. The Bertz CT molecular complexity index is 713. The zero-order valence-electron chi connectivity index (χ0n) is 16.2. The topological polar surface area (TPSA) is 72.5 Å². The molecule has 0 saturated carbocycles. The number of aromatic carboxylic acids is 1. The van der Waals surface area contributed by atoms with E-state index >= 15 is 0 Å². The number of hydrogen-bond donors (Lipinski definition) is 2. The Morgan fingerprint density at radius 2 is 1.67 bits per heavy atom. The van der Waals surface area contributed by atoms with Gasteiger partial charge in [-0.25, -0.2) is 4.79 Å². The third kappa shape index (κ3) is 6.63. The summed E-state index contributed by atoms with van der Waals surface area (Å²) in [6, 6.07) is 13.2. The van der Waals surface area contributed by atoms with E-state index in [1.54, 1.807) is 6.07 Å². The number of carboxylic acids is 1. The number of carboxylic acid groups (broad SMARTS) is 1. The Hall–Kier alpha value is -2.49. The second-order valence-corrected chi connectivity index (χ2v) is 6.90. The first-order valence-electron chi connectivity index (χ1n) is 9.94. The zero-order chi connectivity index (χ0) is 19.5. The fraction of sp³-hybridized carbons (Fsp3) is 0.435. The van der Waals surface area contributed by atoms with Crippen molar-refractivity contribution < 1.29 is 14.6 Å². The van der Waals surface area contributed by atoms with Crippen molar-refractivity contribution in [3.05, 3.63) is 59.2 Å². The summed E-state index contributed by atoms with van der Waals surface area (Å²) in [6.45, 7) is 2.69. The van der Waals surface area contributed by atoms with Crippen LogP contribution in [0.4, 0.5) is 5.69 Å². The number of unbranched alkanes of at least 4 members (excludes halogenated alkanes) is 5. The van der Waals surface area contributed by atoms with Crippen molar-refractivity contribution in [3.8, 4) is 5.75 Å². The molecule has 27 heavy (non-hydrogen) atoms. The predicted molar refractivity (Wildman–Crippen MR) is 111 cm³/mol. The van der Waals surface area contributed by atoms with Gasteiger partial charge in [0.25, 0.3) is 0 Å². The largest absolute Gasteiger partial charge is 0.493 e. The lowest BCUT2D eigenvalue weighted by Gasteiger charge is -2.15. The standard InChI is InChI=1S/C23H31NO3/c1-2-3-4-5-6-8-11-18-14-15-21(23(25)26)22(24)20(18)16-17-27-19-12-9-7-10-13-19/h7,9-10,12-15H,2-6,8,11,16-17,24H2,1H3,(H,25,26). The molecule has 0 heterocycles. The van der Waals surface area contributed by atoms with Crippen LogP contribution in [-0.4, -0.2) is 17.7 Å². The summed E-state index contributed by atoms with van der Waals surface area (Å²) in [6.07, 6.45) is 8.91. The molecule has 0 aliphatic carbocycles. The summed E-state index contributed by atoms with van der Waals surface area (Å²) < 4.78 is 5.79. The molecule has 0 saturated heterocycles. The van der Waals surface area contributed by atoms with E-state index in [0.717, 1.165) is 29.7 Å². The number of nitrogens with two attached hydrogens (primary N) is 1. The molecular weight excluding hydrogens is 338 g/mol. The average molecular weight is 370 g/mol. The van der Waals surface area contributed by atoms with Gasteiger partial charge in [0.1, 0.15) is 5.75 Å². The van der Waals surface area contributed by atoms with Gasteiger partial charge in [-0.3, -0.25) is 0 Å². The first kappa shape index (κ1) is 20.8. The summed E-state index contributed by atoms with van der Waals surface area (Å²) in [7, 11) is 0. The lowest BCUT2D eigenvalue weighted by atomic mass is 9.94. The van der Waals surface area contributed by atoms with Gasteiger partial charge in [-0.1, -0.05) is 63.3 Å². The van der Waals surface area contributed by atoms with E-state index in [-0.39, 0.29) is 5.56 Å². The first-order valence-corrected chi connectivity index (χ1v) is 9.94. The van der Waals surface area contributed by atoms with Gasteiger partial charge >= 0.3 is 5.97 Å². The van der Waals surface area contributed by atoms with E-state index in [1.165, 1.54) is 32.1 Å². The van der Waals surface area contributed by atoms with Gasteiger partial charge in [0, 0.05) is 12.1 Å². The van der Waals surface area contributed by atoms with Gasteiger partial charge in [0.15, 0.2) is 0 Å². The minimum Gasteiger partial charge on any atom is -0.493 e. The van der Waals surface area contributed by atoms with Crippen molar-refractivity contribution >= 4 is 11.7 Å². The lowest BCUT2D eigenvalue weighted by molar-refractivity contribution is 0.0698. The van der Waals surface area contributed by atoms with Crippen molar-refractivity contribution in [1.29, 1.82) is 0 Å². The van der Waals surface area contributed by atoms with Gasteiger partial charge in [0.05, 0.1) is 12.2 Å². The maximum atomic E-state index is 11.4. The molecule has 3 N–H and O–H groups in total. The van der Waals surface area contributed by atoms with E-state index in [1.807, 2.05) is 36.4 Å². The molecule has 0 radical (unpaired) electrons. The Morgan fingerprint density at radius 1 is 0.963 bits per heavy atom. The smallest absolute Gasteiger partial charge is 0.337 e. The van der Waals surface area contributed by atoms with Crippen LogP contribution in [-0.2, 0) is 12.8 Å². The minimum absolute atomic E-state index is 0.177. The number of hydrogen-bond acceptors (Lipinski definition) is 3. The fourth-order valence-electron chi connectivity index (χ4n) is 3.31. The number of carbonyl (C=O) groups is 1. The Kier molecular flexibility index (Phi) is 8.69. The first-order chi connectivity index (χ1) is 13.1. The van der Waals surface area contributed by atoms with Gasteiger partial charge in [0.2, 0.25) is 0 Å². The molecule has 0 aliphatic rings. The molecule has 2 aromatic carbocycles. The van der Waals surface area contributed by atoms with E-state index in [9.17, 15) is 9.90 Å². The monoisotopic (exact) mass is 369 g/mol. The van der Waals surface area contributed by atoms with Crippen LogP contribution < -0.4 is 10.5 Å². The van der Waals surface area contributed by atoms with Crippen molar-refractivity contribution in [1.82, 2.24) is 0 Å². The minimum atomic E-state index is -0.983. The normalized spacial score (nSPS) is 10.7. The van der Waals surface area contributed by atoms with Gasteiger partial charge in [-0.15, -0.1) is 0 Å². The van der Waals surface area contributed by atoms with Crippen molar-refractivity contribution in [2.45, 2.75) is 58.3 Å². The highest BCUT2D eigenvalue weighted by Crippen LogP contribution is 2.25. The summed E-state index contributed by atoms with van der Waals surface area (Å²) in [5, 5.41) is 9.37. The predicted octanol–water partition coefficient (Wildman–Crippen LogP) is 5.49. The molecule has 2 rings (SSSR count). The molecular formula is C23H31NO3. The molecule has 4 heteroatoms. The zero-order valence-corrected chi connectivity index (χ0v) is 16.2. The van der Waals surface area contributed by atoms with Crippen LogP contribution in [0.3, 0.4) is 0 Å². The van der Waals surface area contributed by atoms with E-state index in [0.29, 0.717) is 18.7 Å². The Balaban J connectivity index is 2.01. The molecule has 4 nitrogen and oxygen atoms in total. The van der Waals surface area contributed by atoms with Crippen LogP contribution in [0, 0.1) is 0 Å². The second kappa shape index (κ2) is 11.3. The number of rotatable bonds is 12. The van der Waals surface area contributed by atoms with Crippen molar-refractivity contribution in [2.75, 3.05) is 12.3 Å². The lowest BCUT2D eigenvalue weighted by Crippen LogP contribution is -2.11. The molecule has 2 aromatic rings. The molecule has 0 atom stereocenters. The number of aryl methyl sites for hydroxylation is 1. The van der Waals surface area contributed by atoms with Crippen LogP contribution in [0.1, 0.15) is 66.9 Å². The highest BCUT2D eigenvalue weighted by Gasteiger charge is 2.15. The maximum Gasteiger partial charge on any atom is 0.337 e. The summed E-state index contributed by atoms with van der Waals surface area (Å²) in [5.41, 5.74) is 8.81. The summed E-state index contributed by atoms with van der Waals surface area (Å²) >= 11 is 0. The second-order valence-electron chi connectivity index (χ2n) is 6.90. The number of nitrogen functional groups attached to an aromatic ring is 1. The average Bonchev–Trinajstić information content (AvgIpc) is 2.67. The molecule has 0 unspecified atom stereocenters. The highest BCUT2D eigenvalue weighted by atomic mass is 16.5. The van der Waals surface area contributed by atoms with E-state index < -0.39 is 5.97 Å². The van der Waals surface area contributed by atoms with E-state index in [4.69, 9.17) is 10.5 Å². The quantitative estimate of drug-likeness (QED) is 0.383. The van der Waals surface area contributed by atoms with E-state index in [2.05, 4.69) is 6.92 Å². The van der Waals surface area contributed by atoms with Gasteiger partial charge in [-0.05, 0) is 42.2 Å². The van der Waals surface area contributed by atoms with Gasteiger partial charge in [-0.2, -0.15) is 0 Å². The molecule has 0 fully saturated rings. The number of anilines is 1. The fourth-order valence-corrected chi connectivity index (χ4v) is 3.31. The Morgan fingerprint density at radius 3 is 2.37 bits per heavy atom. The molecule has 146 valence electrons. The van der Waals surface area contributed by atoms with Crippen LogP contribution in [0.25, 0.3) is 0 Å². The molecule has 0 aliphatic heterocycles. The molecule has 0 bridgehead atoms. The number of para-hydroxylation sites is 1. The third-order valence-corrected chi connectivity index (χ3v) is 4.85. The number of benzene rings is 2. The van der Waals surface area contributed by atoms with Crippen LogP contribution >= 0.6 is 0 Å². The van der Waals surface area contributed by atoms with Gasteiger partial charge < -0.3 is 15.6 Å². The molecule has 0 amide bonds. The maximum absolute atomic E-state index is 11.4. The highest BCUT2D eigenvalue weighted by molar-refractivity contribution is 5.94. The SMILES string of the molecule is CCCCCCCCc1ccc(C(=O)O)c(N)c1CCOc1ccccc1. The summed E-state index contributed by atoms with van der Waals surface area (Å²) in [5.74, 6) is -0.174. The Labute approximate surface area is 162 Å². The molecule has 0 aromatic heterocycles.